The lowest BCUT2D eigenvalue weighted by molar-refractivity contribution is 0.0496. The van der Waals surface area contributed by atoms with E-state index in [0.717, 1.165) is 19.0 Å². The molecule has 0 aromatic carbocycles. The molecule has 13 heteroatoms. The summed E-state index contributed by atoms with van der Waals surface area (Å²) < 4.78 is 32.4. The molecule has 214 valence electrons. The number of nitrogens with one attached hydrogen (secondary N) is 2. The second kappa shape index (κ2) is 10.9. The fourth-order valence-electron chi connectivity index (χ4n) is 4.63. The first kappa shape index (κ1) is 27.6. The van der Waals surface area contributed by atoms with Crippen molar-refractivity contribution in [2.75, 3.05) is 43.1 Å². The van der Waals surface area contributed by atoms with Crippen LogP contribution >= 0.6 is 0 Å². The van der Waals surface area contributed by atoms with Crippen LogP contribution in [0.15, 0.2) is 30.7 Å². The Balaban J connectivity index is 1.39. The number of esters is 1. The molecule has 40 heavy (non-hydrogen) atoms. The maximum Gasteiger partial charge on any atom is 0.408 e. The third kappa shape index (κ3) is 6.09. The standard InChI is InChI=1S/C27H34FN7O5/c1-5-39-24(36)19-14-31-35-9-6-21(32-23(19)35)34-10-11-38-15-20(34)18-12-17(28)13-29-22(18)30-16-27(7-8-27)33-25(37)40-26(2,3)4/h6,9,12-14,20H,5,7-8,10-11,15-16H2,1-4H3,(H,29,30)(H,33,37). The van der Waals surface area contributed by atoms with Crippen molar-refractivity contribution in [3.05, 3.63) is 47.7 Å². The lowest BCUT2D eigenvalue weighted by atomic mass is 10.0. The van der Waals surface area contributed by atoms with Gasteiger partial charge in [-0.2, -0.15) is 5.10 Å². The van der Waals surface area contributed by atoms with Gasteiger partial charge in [-0.05, 0) is 52.7 Å². The monoisotopic (exact) mass is 555 g/mol. The fourth-order valence-corrected chi connectivity index (χ4v) is 4.63. The van der Waals surface area contributed by atoms with Gasteiger partial charge in [0.1, 0.15) is 28.6 Å². The molecule has 1 atom stereocenters. The van der Waals surface area contributed by atoms with Crippen LogP contribution in [0, 0.1) is 5.82 Å². The Labute approximate surface area is 231 Å². The molecule has 4 heterocycles. The van der Waals surface area contributed by atoms with Gasteiger partial charge in [-0.15, -0.1) is 0 Å². The zero-order chi connectivity index (χ0) is 28.5. The van der Waals surface area contributed by atoms with Gasteiger partial charge in [0.25, 0.3) is 0 Å². The lowest BCUT2D eigenvalue weighted by Gasteiger charge is -2.37. The van der Waals surface area contributed by atoms with E-state index in [-0.39, 0.29) is 18.8 Å². The average Bonchev–Trinajstić information content (AvgIpc) is 3.52. The summed E-state index contributed by atoms with van der Waals surface area (Å²) in [5.41, 5.74) is 0.149. The smallest absolute Gasteiger partial charge is 0.408 e. The molecule has 0 radical (unpaired) electrons. The molecule has 0 bridgehead atoms. The van der Waals surface area contributed by atoms with Crippen LogP contribution in [0.5, 0.6) is 0 Å². The van der Waals surface area contributed by atoms with Gasteiger partial charge in [0.05, 0.1) is 43.8 Å². The van der Waals surface area contributed by atoms with Crippen LogP contribution < -0.4 is 15.5 Å². The average molecular weight is 556 g/mol. The number of morpholine rings is 1. The number of amides is 1. The zero-order valence-corrected chi connectivity index (χ0v) is 23.1. The van der Waals surface area contributed by atoms with Gasteiger partial charge >= 0.3 is 12.1 Å². The van der Waals surface area contributed by atoms with Crippen molar-refractivity contribution < 1.29 is 28.2 Å². The van der Waals surface area contributed by atoms with E-state index in [1.165, 1.54) is 16.8 Å². The van der Waals surface area contributed by atoms with Crippen molar-refractivity contribution in [2.24, 2.45) is 0 Å². The lowest BCUT2D eigenvalue weighted by Crippen LogP contribution is -2.45. The quantitative estimate of drug-likeness (QED) is 0.398. The third-order valence-corrected chi connectivity index (χ3v) is 6.73. The summed E-state index contributed by atoms with van der Waals surface area (Å²) in [7, 11) is 0. The fraction of sp³-hybridized carbons (Fsp3) is 0.519. The molecule has 1 amide bonds. The van der Waals surface area contributed by atoms with Gasteiger partial charge in [0.15, 0.2) is 5.65 Å². The molecular weight excluding hydrogens is 521 g/mol. The van der Waals surface area contributed by atoms with Crippen molar-refractivity contribution in [1.29, 1.82) is 0 Å². The minimum Gasteiger partial charge on any atom is -0.462 e. The predicted molar refractivity (Wildman–Crippen MR) is 144 cm³/mol. The molecular formula is C27H34FN7O5. The number of carbonyl (C=O) groups excluding carboxylic acids is 2. The zero-order valence-electron chi connectivity index (χ0n) is 23.1. The molecule has 1 aliphatic heterocycles. The molecule has 5 rings (SSSR count). The maximum absolute atomic E-state index is 14.5. The van der Waals surface area contributed by atoms with Gasteiger partial charge in [0, 0.05) is 24.8 Å². The summed E-state index contributed by atoms with van der Waals surface area (Å²) in [6, 6.07) is 2.80. The van der Waals surface area contributed by atoms with Gasteiger partial charge in [0.2, 0.25) is 0 Å². The van der Waals surface area contributed by atoms with E-state index in [9.17, 15) is 14.0 Å². The number of ether oxygens (including phenoxy) is 3. The molecule has 3 aromatic rings. The summed E-state index contributed by atoms with van der Waals surface area (Å²) in [6.07, 6.45) is 5.39. The molecule has 0 spiro atoms. The second-order valence-electron chi connectivity index (χ2n) is 11.0. The Morgan fingerprint density at radius 2 is 2.08 bits per heavy atom. The highest BCUT2D eigenvalue weighted by atomic mass is 19.1. The number of nitrogens with zero attached hydrogens (tertiary/aromatic N) is 5. The topological polar surface area (TPSA) is 132 Å². The van der Waals surface area contributed by atoms with Crippen LogP contribution in [-0.2, 0) is 14.2 Å². The highest BCUT2D eigenvalue weighted by Crippen LogP contribution is 2.37. The van der Waals surface area contributed by atoms with Crippen LogP contribution in [0.2, 0.25) is 0 Å². The first-order valence-corrected chi connectivity index (χ1v) is 13.3. The van der Waals surface area contributed by atoms with Crippen molar-refractivity contribution in [2.45, 2.75) is 57.7 Å². The van der Waals surface area contributed by atoms with E-state index < -0.39 is 35.1 Å². The summed E-state index contributed by atoms with van der Waals surface area (Å²) in [5, 5.41) is 10.5. The SMILES string of the molecule is CCOC(=O)c1cnn2ccc(N3CCOCC3c3cc(F)cnc3NCC3(NC(=O)OC(C)(C)C)CC3)nc12. The summed E-state index contributed by atoms with van der Waals surface area (Å²) in [5.74, 6) is 0.0718. The number of hydrogen-bond acceptors (Lipinski definition) is 10. The van der Waals surface area contributed by atoms with Crippen molar-refractivity contribution >= 4 is 29.3 Å². The molecule has 1 saturated carbocycles. The Kier molecular flexibility index (Phi) is 7.49. The Morgan fingerprint density at radius 1 is 1.27 bits per heavy atom. The summed E-state index contributed by atoms with van der Waals surface area (Å²) in [4.78, 5) is 35.9. The van der Waals surface area contributed by atoms with Gasteiger partial charge < -0.3 is 29.7 Å². The minimum absolute atomic E-state index is 0.234. The first-order chi connectivity index (χ1) is 19.1. The second-order valence-corrected chi connectivity index (χ2v) is 11.0. The van der Waals surface area contributed by atoms with E-state index in [1.54, 1.807) is 19.2 Å². The van der Waals surface area contributed by atoms with Gasteiger partial charge in [-0.1, -0.05) is 0 Å². The van der Waals surface area contributed by atoms with Crippen LogP contribution in [0.3, 0.4) is 0 Å². The van der Waals surface area contributed by atoms with E-state index in [4.69, 9.17) is 19.2 Å². The highest BCUT2D eigenvalue weighted by Gasteiger charge is 2.45. The van der Waals surface area contributed by atoms with E-state index in [1.807, 2.05) is 25.7 Å². The molecule has 1 saturated heterocycles. The number of alkyl carbamates (subject to hydrolysis) is 1. The molecule has 1 unspecified atom stereocenters. The number of fused-ring (bicyclic) bond motifs is 1. The molecule has 2 aliphatic rings. The number of halogens is 1. The van der Waals surface area contributed by atoms with E-state index >= 15 is 0 Å². The summed E-state index contributed by atoms with van der Waals surface area (Å²) >= 11 is 0. The third-order valence-electron chi connectivity index (χ3n) is 6.73. The van der Waals surface area contributed by atoms with Crippen molar-refractivity contribution in [1.82, 2.24) is 24.9 Å². The number of pyridine rings is 1. The largest absolute Gasteiger partial charge is 0.462 e. The maximum atomic E-state index is 14.5. The molecule has 2 fully saturated rings. The Hall–Kier alpha value is -4.00. The Morgan fingerprint density at radius 3 is 2.80 bits per heavy atom. The van der Waals surface area contributed by atoms with E-state index in [0.29, 0.717) is 42.5 Å². The number of aromatic nitrogens is 4. The highest BCUT2D eigenvalue weighted by molar-refractivity contribution is 5.95. The normalized spacial score (nSPS) is 18.3. The molecule has 3 aromatic heterocycles. The van der Waals surface area contributed by atoms with Crippen LogP contribution in [0.1, 0.15) is 62.5 Å². The molecule has 12 nitrogen and oxygen atoms in total. The van der Waals surface area contributed by atoms with Crippen molar-refractivity contribution in [3.63, 3.8) is 0 Å². The van der Waals surface area contributed by atoms with Crippen molar-refractivity contribution in [3.8, 4) is 0 Å². The van der Waals surface area contributed by atoms with Gasteiger partial charge in [-0.3, -0.25) is 0 Å². The predicted octanol–water partition coefficient (Wildman–Crippen LogP) is 3.49. The molecule has 1 aliphatic carbocycles. The number of hydrogen-bond donors (Lipinski definition) is 2. The Bertz CT molecular complexity index is 1400. The van der Waals surface area contributed by atoms with E-state index in [2.05, 4.69) is 20.7 Å². The number of anilines is 2. The van der Waals surface area contributed by atoms with Gasteiger partial charge in [-0.25, -0.2) is 28.5 Å². The van der Waals surface area contributed by atoms with Crippen LogP contribution in [-0.4, -0.2) is 75.7 Å². The van der Waals surface area contributed by atoms with Crippen LogP contribution in [0.4, 0.5) is 20.8 Å². The van der Waals surface area contributed by atoms with Crippen LogP contribution in [0.25, 0.3) is 5.65 Å². The number of carbonyl (C=O) groups is 2. The molecule has 2 N–H and O–H groups in total. The summed E-state index contributed by atoms with van der Waals surface area (Å²) in [6.45, 7) is 9.01. The first-order valence-electron chi connectivity index (χ1n) is 13.3. The minimum atomic E-state index is -0.602. The number of rotatable bonds is 8.